The van der Waals surface area contributed by atoms with Crippen molar-refractivity contribution in [2.45, 2.75) is 38.1 Å². The van der Waals surface area contributed by atoms with Crippen molar-refractivity contribution in [2.75, 3.05) is 11.9 Å². The Morgan fingerprint density at radius 1 is 1.45 bits per heavy atom. The van der Waals surface area contributed by atoms with Crippen molar-refractivity contribution in [3.05, 3.63) is 23.9 Å². The maximum absolute atomic E-state index is 11.8. The second-order valence-corrected chi connectivity index (χ2v) is 4.78. The Balaban J connectivity index is 1.90. The fourth-order valence-electron chi connectivity index (χ4n) is 2.21. The first-order valence-electron chi connectivity index (χ1n) is 6.91. The van der Waals surface area contributed by atoms with Crippen LogP contribution in [0.15, 0.2) is 18.3 Å². The Kier molecular flexibility index (Phi) is 5.39. The zero-order valence-electron chi connectivity index (χ0n) is 11.4. The summed E-state index contributed by atoms with van der Waals surface area (Å²) in [4.78, 5) is 15.9. The van der Waals surface area contributed by atoms with Crippen molar-refractivity contribution < 1.29 is 9.90 Å². The number of urea groups is 1. The monoisotopic (exact) mass is 273 g/mol. The van der Waals surface area contributed by atoms with Crippen LogP contribution in [0.4, 0.5) is 10.6 Å². The Hall–Kier alpha value is -2.06. The van der Waals surface area contributed by atoms with E-state index in [1.54, 1.807) is 18.3 Å². The highest BCUT2D eigenvalue weighted by molar-refractivity contribution is 5.88. The smallest absolute Gasteiger partial charge is 0.320 e. The molecule has 1 heterocycles. The van der Waals surface area contributed by atoms with Crippen molar-refractivity contribution in [1.29, 1.82) is 0 Å². The molecular formula is C15H19N3O2. The molecule has 1 aromatic heterocycles. The second-order valence-electron chi connectivity index (χ2n) is 4.78. The van der Waals surface area contributed by atoms with Crippen LogP contribution in [0, 0.1) is 11.8 Å². The first kappa shape index (κ1) is 14.4. The quantitative estimate of drug-likeness (QED) is 0.736. The minimum atomic E-state index is -0.218. The van der Waals surface area contributed by atoms with E-state index >= 15 is 0 Å². The molecule has 1 saturated carbocycles. The van der Waals surface area contributed by atoms with Gasteiger partial charge in [-0.05, 0) is 25.0 Å². The molecule has 0 aromatic carbocycles. The molecule has 0 spiro atoms. The third-order valence-corrected chi connectivity index (χ3v) is 3.16. The van der Waals surface area contributed by atoms with Gasteiger partial charge in [0.1, 0.15) is 5.82 Å². The molecule has 5 heteroatoms. The number of anilines is 1. The summed E-state index contributed by atoms with van der Waals surface area (Å²) in [7, 11) is 0. The molecule has 0 radical (unpaired) electrons. The number of amides is 2. The van der Waals surface area contributed by atoms with Gasteiger partial charge in [0.25, 0.3) is 0 Å². The van der Waals surface area contributed by atoms with Gasteiger partial charge in [0.2, 0.25) is 0 Å². The average Bonchev–Trinajstić information content (AvgIpc) is 2.92. The Labute approximate surface area is 118 Å². The molecule has 0 atom stereocenters. The molecule has 2 rings (SSSR count). The van der Waals surface area contributed by atoms with Gasteiger partial charge in [0.05, 0.1) is 6.61 Å². The molecule has 0 unspecified atom stereocenters. The van der Waals surface area contributed by atoms with Crippen LogP contribution in [-0.2, 0) is 0 Å². The topological polar surface area (TPSA) is 74.2 Å². The van der Waals surface area contributed by atoms with Gasteiger partial charge in [0, 0.05) is 24.2 Å². The van der Waals surface area contributed by atoms with Gasteiger partial charge in [-0.3, -0.25) is 5.32 Å². The van der Waals surface area contributed by atoms with Crippen LogP contribution >= 0.6 is 0 Å². The third-order valence-electron chi connectivity index (χ3n) is 3.16. The van der Waals surface area contributed by atoms with Crippen molar-refractivity contribution in [1.82, 2.24) is 10.3 Å². The van der Waals surface area contributed by atoms with E-state index in [0.717, 1.165) is 18.4 Å². The molecule has 1 aromatic rings. The summed E-state index contributed by atoms with van der Waals surface area (Å²) < 4.78 is 0. The van der Waals surface area contributed by atoms with Crippen molar-refractivity contribution in [2.24, 2.45) is 0 Å². The second kappa shape index (κ2) is 7.51. The number of hydrogen-bond acceptors (Lipinski definition) is 3. The van der Waals surface area contributed by atoms with Crippen LogP contribution in [0.3, 0.4) is 0 Å². The number of pyridine rings is 1. The van der Waals surface area contributed by atoms with Crippen LogP contribution < -0.4 is 10.6 Å². The third kappa shape index (κ3) is 4.56. The number of rotatable bonds is 3. The van der Waals surface area contributed by atoms with E-state index in [9.17, 15) is 4.79 Å². The standard InChI is InChI=1S/C15H19N3O2/c19-10-4-3-5-12-8-9-16-14(11-12)18-15(20)17-13-6-1-2-7-13/h8-9,11,13,19H,1-2,4,6-7,10H2,(H2,16,17,18,20). The zero-order valence-corrected chi connectivity index (χ0v) is 11.4. The van der Waals surface area contributed by atoms with Crippen LogP contribution in [0.5, 0.6) is 0 Å². The number of aliphatic hydroxyl groups is 1. The van der Waals surface area contributed by atoms with E-state index < -0.39 is 0 Å². The number of hydrogen-bond donors (Lipinski definition) is 3. The summed E-state index contributed by atoms with van der Waals surface area (Å²) in [6.45, 7) is 0.0486. The maximum atomic E-state index is 11.8. The number of carbonyl (C=O) groups is 1. The summed E-state index contributed by atoms with van der Waals surface area (Å²) in [6.07, 6.45) is 6.50. The van der Waals surface area contributed by atoms with Crippen LogP contribution in [0.2, 0.25) is 0 Å². The first-order valence-corrected chi connectivity index (χ1v) is 6.91. The minimum absolute atomic E-state index is 0.0486. The normalized spacial score (nSPS) is 14.4. The molecule has 3 N–H and O–H groups in total. The average molecular weight is 273 g/mol. The van der Waals surface area contributed by atoms with Crippen molar-refractivity contribution in [3.63, 3.8) is 0 Å². The van der Waals surface area contributed by atoms with Gasteiger partial charge in [-0.25, -0.2) is 9.78 Å². The highest BCUT2D eigenvalue weighted by Gasteiger charge is 2.17. The van der Waals surface area contributed by atoms with E-state index in [2.05, 4.69) is 27.5 Å². The highest BCUT2D eigenvalue weighted by Crippen LogP contribution is 2.17. The summed E-state index contributed by atoms with van der Waals surface area (Å²) in [6, 6.07) is 3.55. The number of nitrogens with one attached hydrogen (secondary N) is 2. The summed E-state index contributed by atoms with van der Waals surface area (Å²) in [5, 5.41) is 14.3. The molecule has 1 aliphatic rings. The van der Waals surface area contributed by atoms with E-state index in [1.807, 2.05) is 0 Å². The van der Waals surface area contributed by atoms with E-state index in [0.29, 0.717) is 12.2 Å². The lowest BCUT2D eigenvalue weighted by atomic mass is 10.2. The van der Waals surface area contributed by atoms with Crippen molar-refractivity contribution in [3.8, 4) is 11.8 Å². The predicted molar refractivity (Wildman–Crippen MR) is 77.2 cm³/mol. The van der Waals surface area contributed by atoms with E-state index in [1.165, 1.54) is 12.8 Å². The Morgan fingerprint density at radius 2 is 2.25 bits per heavy atom. The molecule has 106 valence electrons. The molecule has 0 aliphatic heterocycles. The predicted octanol–water partition coefficient (Wildman–Crippen LogP) is 1.88. The Bertz CT molecular complexity index is 513. The van der Waals surface area contributed by atoms with Gasteiger partial charge in [-0.2, -0.15) is 0 Å². The SMILES string of the molecule is O=C(Nc1cc(C#CCCO)ccn1)NC1CCCC1. The van der Waals surface area contributed by atoms with Crippen molar-refractivity contribution >= 4 is 11.8 Å². The molecule has 5 nitrogen and oxygen atoms in total. The van der Waals surface area contributed by atoms with Gasteiger partial charge in [0.15, 0.2) is 0 Å². The lowest BCUT2D eigenvalue weighted by Crippen LogP contribution is -2.36. The lowest BCUT2D eigenvalue weighted by Gasteiger charge is -2.12. The number of carbonyl (C=O) groups excluding carboxylic acids is 1. The summed E-state index contributed by atoms with van der Waals surface area (Å²) in [5.74, 6) is 6.23. The zero-order chi connectivity index (χ0) is 14.2. The number of nitrogens with zero attached hydrogens (tertiary/aromatic N) is 1. The van der Waals surface area contributed by atoms with Gasteiger partial charge in [-0.15, -0.1) is 0 Å². The van der Waals surface area contributed by atoms with Crippen LogP contribution in [0.25, 0.3) is 0 Å². The minimum Gasteiger partial charge on any atom is -0.395 e. The molecular weight excluding hydrogens is 254 g/mol. The van der Waals surface area contributed by atoms with Gasteiger partial charge < -0.3 is 10.4 Å². The Morgan fingerprint density at radius 3 is 3.00 bits per heavy atom. The summed E-state index contributed by atoms with van der Waals surface area (Å²) in [5.41, 5.74) is 0.768. The molecule has 2 amide bonds. The number of aliphatic hydroxyl groups excluding tert-OH is 1. The van der Waals surface area contributed by atoms with E-state index in [-0.39, 0.29) is 18.7 Å². The maximum Gasteiger partial charge on any atom is 0.320 e. The molecule has 0 saturated heterocycles. The molecule has 1 fully saturated rings. The molecule has 20 heavy (non-hydrogen) atoms. The van der Waals surface area contributed by atoms with Gasteiger partial charge in [-0.1, -0.05) is 24.7 Å². The summed E-state index contributed by atoms with van der Waals surface area (Å²) >= 11 is 0. The number of aromatic nitrogens is 1. The fourth-order valence-corrected chi connectivity index (χ4v) is 2.21. The lowest BCUT2D eigenvalue weighted by molar-refractivity contribution is 0.248. The largest absolute Gasteiger partial charge is 0.395 e. The molecule has 0 bridgehead atoms. The first-order chi connectivity index (χ1) is 9.78. The van der Waals surface area contributed by atoms with Crippen LogP contribution in [-0.4, -0.2) is 28.8 Å². The fraction of sp³-hybridized carbons (Fsp3) is 0.467. The van der Waals surface area contributed by atoms with Crippen LogP contribution in [0.1, 0.15) is 37.7 Å². The van der Waals surface area contributed by atoms with E-state index in [4.69, 9.17) is 5.11 Å². The highest BCUT2D eigenvalue weighted by atomic mass is 16.2. The molecule has 1 aliphatic carbocycles. The van der Waals surface area contributed by atoms with Gasteiger partial charge >= 0.3 is 6.03 Å².